The Morgan fingerprint density at radius 1 is 1.44 bits per heavy atom. The fraction of sp³-hybridized carbons (Fsp3) is 0.700. The SMILES string of the molecule is CC(=O)NC1CCN(C(=O)N[C@@H](CO)C(=O)O)C1. The van der Waals surface area contributed by atoms with E-state index in [2.05, 4.69) is 10.6 Å². The van der Waals surface area contributed by atoms with Gasteiger partial charge in [0.05, 0.1) is 6.61 Å². The molecule has 1 aliphatic rings. The van der Waals surface area contributed by atoms with Crippen LogP contribution in [0.15, 0.2) is 0 Å². The standard InChI is InChI=1S/C10H17N3O5/c1-6(15)11-7-2-3-13(4-7)10(18)12-8(5-14)9(16)17/h7-8,14H,2-5H2,1H3,(H,11,15)(H,12,18)(H,16,17)/t7?,8-/m0/s1. The van der Waals surface area contributed by atoms with Crippen molar-refractivity contribution in [1.82, 2.24) is 15.5 Å². The van der Waals surface area contributed by atoms with Crippen LogP contribution in [0.1, 0.15) is 13.3 Å². The summed E-state index contributed by atoms with van der Waals surface area (Å²) >= 11 is 0. The molecule has 2 atom stereocenters. The third kappa shape index (κ3) is 3.88. The van der Waals surface area contributed by atoms with Crippen LogP contribution in [0.5, 0.6) is 0 Å². The first-order chi connectivity index (χ1) is 8.43. The Morgan fingerprint density at radius 3 is 2.61 bits per heavy atom. The average Bonchev–Trinajstić information content (AvgIpc) is 2.72. The normalized spacial score (nSPS) is 20.3. The summed E-state index contributed by atoms with van der Waals surface area (Å²) in [6.07, 6.45) is 0.629. The van der Waals surface area contributed by atoms with E-state index in [1.807, 2.05) is 0 Å². The zero-order valence-corrected chi connectivity index (χ0v) is 10.0. The van der Waals surface area contributed by atoms with Gasteiger partial charge >= 0.3 is 12.0 Å². The number of hydrogen-bond donors (Lipinski definition) is 4. The molecule has 102 valence electrons. The molecule has 1 unspecified atom stereocenters. The molecule has 1 heterocycles. The number of aliphatic hydroxyl groups is 1. The van der Waals surface area contributed by atoms with Crippen molar-refractivity contribution in [2.24, 2.45) is 0 Å². The molecule has 4 N–H and O–H groups in total. The number of carbonyl (C=O) groups is 3. The van der Waals surface area contributed by atoms with Gasteiger partial charge in [-0.05, 0) is 6.42 Å². The molecule has 8 nitrogen and oxygen atoms in total. The molecule has 1 rings (SSSR count). The molecule has 1 fully saturated rings. The monoisotopic (exact) mass is 259 g/mol. The Labute approximate surface area is 104 Å². The minimum atomic E-state index is -1.31. The first-order valence-electron chi connectivity index (χ1n) is 5.60. The van der Waals surface area contributed by atoms with Crippen molar-refractivity contribution < 1.29 is 24.6 Å². The van der Waals surface area contributed by atoms with Gasteiger partial charge in [0.2, 0.25) is 5.91 Å². The molecule has 0 saturated carbocycles. The first kappa shape index (κ1) is 14.2. The van der Waals surface area contributed by atoms with Gasteiger partial charge in [0.25, 0.3) is 0 Å². The second-order valence-corrected chi connectivity index (χ2v) is 4.16. The number of urea groups is 1. The van der Waals surface area contributed by atoms with E-state index in [1.54, 1.807) is 0 Å². The maximum atomic E-state index is 11.7. The molecular weight excluding hydrogens is 242 g/mol. The van der Waals surface area contributed by atoms with Crippen LogP contribution in [0.2, 0.25) is 0 Å². The predicted octanol–water partition coefficient (Wildman–Crippen LogP) is -1.65. The Bertz CT molecular complexity index is 346. The molecule has 0 aromatic carbocycles. The molecule has 1 saturated heterocycles. The second kappa shape index (κ2) is 6.20. The summed E-state index contributed by atoms with van der Waals surface area (Å²) in [6.45, 7) is 1.51. The molecule has 8 heteroatoms. The third-order valence-electron chi connectivity index (χ3n) is 2.66. The summed E-state index contributed by atoms with van der Waals surface area (Å²) < 4.78 is 0. The van der Waals surface area contributed by atoms with Gasteiger partial charge in [-0.15, -0.1) is 0 Å². The minimum Gasteiger partial charge on any atom is -0.480 e. The molecule has 0 bridgehead atoms. The lowest BCUT2D eigenvalue weighted by atomic mass is 10.3. The summed E-state index contributed by atoms with van der Waals surface area (Å²) in [5.74, 6) is -1.45. The minimum absolute atomic E-state index is 0.106. The van der Waals surface area contributed by atoms with Gasteiger partial charge in [0.1, 0.15) is 0 Å². The lowest BCUT2D eigenvalue weighted by Gasteiger charge is -2.20. The molecule has 0 radical (unpaired) electrons. The van der Waals surface area contributed by atoms with Crippen molar-refractivity contribution in [3.8, 4) is 0 Å². The van der Waals surface area contributed by atoms with E-state index in [4.69, 9.17) is 10.2 Å². The number of rotatable bonds is 4. The smallest absolute Gasteiger partial charge is 0.328 e. The summed E-state index contributed by atoms with van der Waals surface area (Å²) in [5.41, 5.74) is 0. The topological polar surface area (TPSA) is 119 Å². The van der Waals surface area contributed by atoms with Crippen LogP contribution in [0, 0.1) is 0 Å². The average molecular weight is 259 g/mol. The van der Waals surface area contributed by atoms with Crippen LogP contribution in [-0.2, 0) is 9.59 Å². The lowest BCUT2D eigenvalue weighted by Crippen LogP contribution is -2.49. The zero-order chi connectivity index (χ0) is 13.7. The van der Waals surface area contributed by atoms with Gasteiger partial charge in [0, 0.05) is 26.1 Å². The highest BCUT2D eigenvalue weighted by molar-refractivity contribution is 5.83. The van der Waals surface area contributed by atoms with Crippen molar-refractivity contribution in [1.29, 1.82) is 0 Å². The van der Waals surface area contributed by atoms with Crippen molar-refractivity contribution >= 4 is 17.9 Å². The van der Waals surface area contributed by atoms with Crippen LogP contribution in [0.3, 0.4) is 0 Å². The number of likely N-dealkylation sites (tertiary alicyclic amines) is 1. The van der Waals surface area contributed by atoms with Gasteiger partial charge in [0.15, 0.2) is 6.04 Å². The van der Waals surface area contributed by atoms with Gasteiger partial charge in [-0.3, -0.25) is 4.79 Å². The number of aliphatic carboxylic acids is 1. The van der Waals surface area contributed by atoms with Crippen molar-refractivity contribution in [2.75, 3.05) is 19.7 Å². The van der Waals surface area contributed by atoms with Gasteiger partial charge < -0.3 is 25.7 Å². The third-order valence-corrected chi connectivity index (χ3v) is 2.66. The molecular formula is C10H17N3O5. The molecule has 0 aromatic heterocycles. The summed E-state index contributed by atoms with van der Waals surface area (Å²) in [5, 5.41) is 22.4. The number of carboxylic acid groups (broad SMARTS) is 1. The molecule has 3 amide bonds. The van der Waals surface area contributed by atoms with Crippen molar-refractivity contribution in [2.45, 2.75) is 25.4 Å². The number of aliphatic hydroxyl groups excluding tert-OH is 1. The van der Waals surface area contributed by atoms with Gasteiger partial charge in [-0.2, -0.15) is 0 Å². The number of hydrogen-bond acceptors (Lipinski definition) is 4. The van der Waals surface area contributed by atoms with Crippen LogP contribution >= 0.6 is 0 Å². The predicted molar refractivity (Wildman–Crippen MR) is 60.8 cm³/mol. The Morgan fingerprint density at radius 2 is 2.11 bits per heavy atom. The largest absolute Gasteiger partial charge is 0.480 e. The molecule has 18 heavy (non-hydrogen) atoms. The maximum absolute atomic E-state index is 11.7. The number of nitrogens with zero attached hydrogens (tertiary/aromatic N) is 1. The fourth-order valence-corrected chi connectivity index (χ4v) is 1.78. The molecule has 0 aromatic rings. The summed E-state index contributed by atoms with van der Waals surface area (Å²) in [7, 11) is 0. The lowest BCUT2D eigenvalue weighted by molar-refractivity contribution is -0.140. The number of carbonyl (C=O) groups excluding carboxylic acids is 2. The fourth-order valence-electron chi connectivity index (χ4n) is 1.78. The van der Waals surface area contributed by atoms with E-state index in [1.165, 1.54) is 11.8 Å². The highest BCUT2D eigenvalue weighted by Gasteiger charge is 2.29. The Kier molecular flexibility index (Phi) is 4.90. The number of amides is 3. The van der Waals surface area contributed by atoms with Crippen molar-refractivity contribution in [3.63, 3.8) is 0 Å². The van der Waals surface area contributed by atoms with Crippen LogP contribution in [-0.4, -0.2) is 64.8 Å². The van der Waals surface area contributed by atoms with Crippen LogP contribution in [0.4, 0.5) is 4.79 Å². The highest BCUT2D eigenvalue weighted by Crippen LogP contribution is 2.09. The molecule has 1 aliphatic heterocycles. The van der Waals surface area contributed by atoms with Gasteiger partial charge in [-0.1, -0.05) is 0 Å². The van der Waals surface area contributed by atoms with E-state index in [0.29, 0.717) is 19.5 Å². The Balaban J connectivity index is 2.44. The van der Waals surface area contributed by atoms with E-state index >= 15 is 0 Å². The number of nitrogens with one attached hydrogen (secondary N) is 2. The molecule has 0 spiro atoms. The van der Waals surface area contributed by atoms with E-state index in [-0.39, 0.29) is 11.9 Å². The van der Waals surface area contributed by atoms with Crippen LogP contribution in [0.25, 0.3) is 0 Å². The summed E-state index contributed by atoms with van der Waals surface area (Å²) in [6, 6.07) is -1.97. The molecule has 0 aliphatic carbocycles. The number of carboxylic acids is 1. The van der Waals surface area contributed by atoms with Gasteiger partial charge in [-0.25, -0.2) is 9.59 Å². The first-order valence-corrected chi connectivity index (χ1v) is 5.60. The van der Waals surface area contributed by atoms with E-state index in [9.17, 15) is 14.4 Å². The quantitative estimate of drug-likeness (QED) is 0.482. The van der Waals surface area contributed by atoms with E-state index < -0.39 is 24.6 Å². The van der Waals surface area contributed by atoms with Crippen molar-refractivity contribution in [3.05, 3.63) is 0 Å². The van der Waals surface area contributed by atoms with E-state index in [0.717, 1.165) is 0 Å². The maximum Gasteiger partial charge on any atom is 0.328 e. The highest BCUT2D eigenvalue weighted by atomic mass is 16.4. The second-order valence-electron chi connectivity index (χ2n) is 4.16. The zero-order valence-electron chi connectivity index (χ0n) is 10.0. The summed E-state index contributed by atoms with van der Waals surface area (Å²) in [4.78, 5) is 34.6. The Hall–Kier alpha value is -1.83. The van der Waals surface area contributed by atoms with Crippen LogP contribution < -0.4 is 10.6 Å².